The van der Waals surface area contributed by atoms with Crippen molar-refractivity contribution in [1.82, 2.24) is 9.99 Å². The fourth-order valence-electron chi connectivity index (χ4n) is 2.44. The molecular formula is C20H35N2O4P. The van der Waals surface area contributed by atoms with E-state index in [4.69, 9.17) is 13.8 Å². The first-order valence-electron chi connectivity index (χ1n) is 9.45. The van der Waals surface area contributed by atoms with Crippen LogP contribution in [0.2, 0.25) is 0 Å². The molecule has 0 spiro atoms. The van der Waals surface area contributed by atoms with Gasteiger partial charge in [-0.25, -0.2) is 9.46 Å². The van der Waals surface area contributed by atoms with Gasteiger partial charge >= 0.3 is 6.09 Å². The van der Waals surface area contributed by atoms with Crippen molar-refractivity contribution < 1.29 is 18.6 Å². The average Bonchev–Trinajstić information content (AvgIpc) is 2.54. The molecule has 1 atom stereocenters. The highest BCUT2D eigenvalue weighted by molar-refractivity contribution is 7.44. The number of rotatable bonds is 10. The van der Waals surface area contributed by atoms with Crippen LogP contribution in [0.15, 0.2) is 30.3 Å². The quantitative estimate of drug-likeness (QED) is 0.439. The first kappa shape index (κ1) is 23.8. The molecular weight excluding hydrogens is 363 g/mol. The molecule has 7 heteroatoms. The lowest BCUT2D eigenvalue weighted by molar-refractivity contribution is 0.0517. The minimum atomic E-state index is -1.24. The molecule has 0 fully saturated rings. The lowest BCUT2D eigenvalue weighted by Crippen LogP contribution is -2.36. The molecule has 0 bridgehead atoms. The topological polar surface area (TPSA) is 60.0 Å². The second-order valence-corrected chi connectivity index (χ2v) is 9.28. The lowest BCUT2D eigenvalue weighted by Gasteiger charge is -2.35. The highest BCUT2D eigenvalue weighted by Crippen LogP contribution is 2.46. The van der Waals surface area contributed by atoms with Gasteiger partial charge in [-0.2, -0.15) is 0 Å². The Morgan fingerprint density at radius 2 is 1.67 bits per heavy atom. The summed E-state index contributed by atoms with van der Waals surface area (Å²) >= 11 is 0. The molecule has 154 valence electrons. The monoisotopic (exact) mass is 398 g/mol. The van der Waals surface area contributed by atoms with Gasteiger partial charge in [-0.1, -0.05) is 30.3 Å². The second-order valence-electron chi connectivity index (χ2n) is 7.83. The van der Waals surface area contributed by atoms with Crippen LogP contribution in [0.3, 0.4) is 0 Å². The second kappa shape index (κ2) is 11.6. The molecule has 0 aromatic heterocycles. The van der Waals surface area contributed by atoms with Gasteiger partial charge in [0.05, 0.1) is 13.2 Å². The standard InChI is InChI=1S/C20H35N2O4P/c1-16(2)22(17(3)4)27(25-15-18-11-9-8-10-12-18)24-14-13-21-19(23)26-20(5,6)7/h8-12,16-17H,13-15H2,1-7H3,(H,21,23). The zero-order valence-corrected chi connectivity index (χ0v) is 18.6. The van der Waals surface area contributed by atoms with E-state index < -0.39 is 20.2 Å². The molecule has 1 rings (SSSR count). The molecule has 6 nitrogen and oxygen atoms in total. The smallest absolute Gasteiger partial charge is 0.407 e. The first-order chi connectivity index (χ1) is 12.6. The molecule has 0 aliphatic carbocycles. The van der Waals surface area contributed by atoms with E-state index in [-0.39, 0.29) is 12.1 Å². The molecule has 1 aromatic rings. The van der Waals surface area contributed by atoms with E-state index in [1.807, 2.05) is 51.1 Å². The van der Waals surface area contributed by atoms with Crippen LogP contribution in [0.25, 0.3) is 0 Å². The van der Waals surface area contributed by atoms with Gasteiger partial charge in [0.2, 0.25) is 0 Å². The third kappa shape index (κ3) is 10.1. The van der Waals surface area contributed by atoms with Gasteiger partial charge in [0, 0.05) is 18.6 Å². The minimum absolute atomic E-state index is 0.283. The average molecular weight is 398 g/mol. The molecule has 1 amide bonds. The first-order valence-corrected chi connectivity index (χ1v) is 10.6. The summed E-state index contributed by atoms with van der Waals surface area (Å²) < 4.78 is 19.6. The SMILES string of the molecule is CC(C)N(C(C)C)P(OCCNC(=O)OC(C)(C)C)OCc1ccccc1. The van der Waals surface area contributed by atoms with Crippen molar-refractivity contribution in [2.75, 3.05) is 13.2 Å². The van der Waals surface area contributed by atoms with E-state index in [0.717, 1.165) is 5.56 Å². The Kier molecular flexibility index (Phi) is 10.2. The molecule has 0 aliphatic rings. The maximum Gasteiger partial charge on any atom is 0.407 e. The molecule has 0 radical (unpaired) electrons. The number of benzene rings is 1. The largest absolute Gasteiger partial charge is 0.444 e. The van der Waals surface area contributed by atoms with Gasteiger partial charge in [0.15, 0.2) is 0 Å². The number of alkyl carbamates (subject to hydrolysis) is 1. The zero-order chi connectivity index (χ0) is 20.4. The highest BCUT2D eigenvalue weighted by Gasteiger charge is 2.27. The normalized spacial score (nSPS) is 13.3. The van der Waals surface area contributed by atoms with E-state index in [1.54, 1.807) is 0 Å². The number of hydrogen-bond acceptors (Lipinski definition) is 5. The number of nitrogens with zero attached hydrogens (tertiary/aromatic N) is 1. The summed E-state index contributed by atoms with van der Waals surface area (Å²) in [7, 11) is -1.24. The predicted molar refractivity (Wildman–Crippen MR) is 110 cm³/mol. The van der Waals surface area contributed by atoms with Crippen LogP contribution in [0.1, 0.15) is 54.0 Å². The Balaban J connectivity index is 2.59. The molecule has 0 saturated carbocycles. The summed E-state index contributed by atoms with van der Waals surface area (Å²) in [6.07, 6.45) is -0.440. The highest BCUT2D eigenvalue weighted by atomic mass is 31.2. The molecule has 1 aromatic carbocycles. The van der Waals surface area contributed by atoms with Crippen molar-refractivity contribution in [2.24, 2.45) is 0 Å². The number of amides is 1. The Bertz CT molecular complexity index is 539. The summed E-state index contributed by atoms with van der Waals surface area (Å²) in [5, 5.41) is 2.72. The zero-order valence-electron chi connectivity index (χ0n) is 17.7. The van der Waals surface area contributed by atoms with E-state index in [9.17, 15) is 4.79 Å². The van der Waals surface area contributed by atoms with E-state index in [2.05, 4.69) is 37.7 Å². The van der Waals surface area contributed by atoms with Crippen LogP contribution in [-0.2, 0) is 20.4 Å². The van der Waals surface area contributed by atoms with Gasteiger partial charge in [0.1, 0.15) is 5.60 Å². The molecule has 1 N–H and O–H groups in total. The Morgan fingerprint density at radius 3 is 2.19 bits per heavy atom. The van der Waals surface area contributed by atoms with Crippen LogP contribution in [-0.4, -0.2) is 41.6 Å². The van der Waals surface area contributed by atoms with Crippen molar-refractivity contribution in [1.29, 1.82) is 0 Å². The molecule has 27 heavy (non-hydrogen) atoms. The maximum atomic E-state index is 11.7. The Hall–Kier alpha value is -1.20. The van der Waals surface area contributed by atoms with Crippen molar-refractivity contribution in [2.45, 2.75) is 72.8 Å². The van der Waals surface area contributed by atoms with Gasteiger partial charge in [0.25, 0.3) is 8.53 Å². The van der Waals surface area contributed by atoms with Crippen molar-refractivity contribution in [3.05, 3.63) is 35.9 Å². The van der Waals surface area contributed by atoms with Crippen molar-refractivity contribution in [3.63, 3.8) is 0 Å². The summed E-state index contributed by atoms with van der Waals surface area (Å²) in [6, 6.07) is 10.6. The number of carbonyl (C=O) groups excluding carboxylic acids is 1. The van der Waals surface area contributed by atoms with Gasteiger partial charge in [-0.15, -0.1) is 0 Å². The Labute approximate surface area is 165 Å². The summed E-state index contributed by atoms with van der Waals surface area (Å²) in [5.74, 6) is 0. The van der Waals surface area contributed by atoms with Crippen LogP contribution in [0.5, 0.6) is 0 Å². The van der Waals surface area contributed by atoms with Crippen molar-refractivity contribution >= 4 is 14.6 Å². The third-order valence-electron chi connectivity index (χ3n) is 3.40. The minimum Gasteiger partial charge on any atom is -0.444 e. The molecule has 1 unspecified atom stereocenters. The lowest BCUT2D eigenvalue weighted by atomic mass is 10.2. The number of ether oxygens (including phenoxy) is 1. The number of carbonyl (C=O) groups is 1. The summed E-state index contributed by atoms with van der Waals surface area (Å²) in [6.45, 7) is 15.2. The molecule has 0 saturated heterocycles. The van der Waals surface area contributed by atoms with E-state index in [0.29, 0.717) is 19.8 Å². The Morgan fingerprint density at radius 1 is 1.07 bits per heavy atom. The predicted octanol–water partition coefficient (Wildman–Crippen LogP) is 5.09. The maximum absolute atomic E-state index is 11.7. The number of hydrogen-bond donors (Lipinski definition) is 1. The fraction of sp³-hybridized carbons (Fsp3) is 0.650. The van der Waals surface area contributed by atoms with Crippen LogP contribution in [0.4, 0.5) is 4.79 Å². The van der Waals surface area contributed by atoms with Crippen molar-refractivity contribution in [3.8, 4) is 0 Å². The van der Waals surface area contributed by atoms with Gasteiger partial charge < -0.3 is 19.1 Å². The van der Waals surface area contributed by atoms with Crippen LogP contribution < -0.4 is 5.32 Å². The van der Waals surface area contributed by atoms with E-state index >= 15 is 0 Å². The summed E-state index contributed by atoms with van der Waals surface area (Å²) in [4.78, 5) is 11.7. The third-order valence-corrected chi connectivity index (χ3v) is 5.46. The van der Waals surface area contributed by atoms with Crippen LogP contribution >= 0.6 is 8.53 Å². The summed E-state index contributed by atoms with van der Waals surface area (Å²) in [5.41, 5.74) is 0.593. The van der Waals surface area contributed by atoms with E-state index in [1.165, 1.54) is 0 Å². The number of nitrogens with one attached hydrogen (secondary N) is 1. The fourth-order valence-corrected chi connectivity index (χ4v) is 4.04. The molecule has 0 aliphatic heterocycles. The molecule has 0 heterocycles. The van der Waals surface area contributed by atoms with Gasteiger partial charge in [-0.3, -0.25) is 0 Å². The van der Waals surface area contributed by atoms with Crippen LogP contribution in [0, 0.1) is 0 Å². The van der Waals surface area contributed by atoms with Gasteiger partial charge in [-0.05, 0) is 54.0 Å².